The third-order valence-electron chi connectivity index (χ3n) is 3.24. The molecule has 0 saturated heterocycles. The molecule has 2 aromatic carbocycles. The topological polar surface area (TPSA) is 38.3 Å². The Labute approximate surface area is 135 Å². The van der Waals surface area contributed by atoms with Gasteiger partial charge in [-0.1, -0.05) is 41.9 Å². The maximum absolute atomic E-state index is 12.0. The fourth-order valence-corrected chi connectivity index (χ4v) is 2.22. The van der Waals surface area contributed by atoms with E-state index in [-0.39, 0.29) is 12.5 Å². The number of para-hydroxylation sites is 1. The zero-order chi connectivity index (χ0) is 15.9. The van der Waals surface area contributed by atoms with Crippen LogP contribution in [-0.2, 0) is 11.2 Å². The van der Waals surface area contributed by atoms with Gasteiger partial charge < -0.3 is 10.1 Å². The van der Waals surface area contributed by atoms with Gasteiger partial charge in [-0.25, -0.2) is 0 Å². The van der Waals surface area contributed by atoms with Crippen molar-refractivity contribution in [3.63, 3.8) is 0 Å². The van der Waals surface area contributed by atoms with Crippen LogP contribution in [0.15, 0.2) is 55.1 Å². The Morgan fingerprint density at radius 1 is 1.27 bits per heavy atom. The number of amides is 1. The summed E-state index contributed by atoms with van der Waals surface area (Å²) in [5.41, 5.74) is 2.54. The normalized spacial score (nSPS) is 10.1. The highest BCUT2D eigenvalue weighted by Crippen LogP contribution is 2.23. The molecule has 0 atom stereocenters. The van der Waals surface area contributed by atoms with E-state index in [2.05, 4.69) is 11.9 Å². The van der Waals surface area contributed by atoms with Crippen molar-refractivity contribution in [2.45, 2.75) is 13.3 Å². The van der Waals surface area contributed by atoms with Crippen LogP contribution < -0.4 is 10.1 Å². The molecule has 0 aromatic heterocycles. The molecule has 0 saturated carbocycles. The molecule has 0 unspecified atom stereocenters. The minimum atomic E-state index is -0.223. The van der Waals surface area contributed by atoms with E-state index in [0.717, 1.165) is 11.1 Å². The molecule has 0 bridgehead atoms. The highest BCUT2D eigenvalue weighted by atomic mass is 35.5. The Hall–Kier alpha value is -2.26. The molecule has 0 radical (unpaired) electrons. The second-order valence-electron chi connectivity index (χ2n) is 4.85. The van der Waals surface area contributed by atoms with Crippen molar-refractivity contribution < 1.29 is 9.53 Å². The number of halogens is 1. The largest absolute Gasteiger partial charge is 0.483 e. The summed E-state index contributed by atoms with van der Waals surface area (Å²) in [5.74, 6) is 0.471. The third kappa shape index (κ3) is 4.12. The molecule has 0 heterocycles. The number of rotatable bonds is 6. The number of ether oxygens (including phenoxy) is 1. The summed E-state index contributed by atoms with van der Waals surface area (Å²) in [6, 6.07) is 13.0. The predicted molar refractivity (Wildman–Crippen MR) is 90.7 cm³/mol. The Morgan fingerprint density at radius 3 is 2.82 bits per heavy atom. The van der Waals surface area contributed by atoms with Crippen molar-refractivity contribution in [1.29, 1.82) is 0 Å². The first-order chi connectivity index (χ1) is 10.6. The molecule has 0 aliphatic rings. The lowest BCUT2D eigenvalue weighted by atomic mass is 10.1. The van der Waals surface area contributed by atoms with Gasteiger partial charge in [0.05, 0.1) is 0 Å². The molecule has 4 heteroatoms. The Morgan fingerprint density at radius 2 is 2.05 bits per heavy atom. The molecule has 114 valence electrons. The molecular formula is C18H18ClNO2. The van der Waals surface area contributed by atoms with Gasteiger partial charge in [0.15, 0.2) is 6.61 Å². The minimum Gasteiger partial charge on any atom is -0.483 e. The predicted octanol–water partition coefficient (Wildman–Crippen LogP) is 4.39. The first-order valence-electron chi connectivity index (χ1n) is 6.98. The van der Waals surface area contributed by atoms with Gasteiger partial charge in [-0.3, -0.25) is 4.79 Å². The van der Waals surface area contributed by atoms with Crippen LogP contribution in [0.3, 0.4) is 0 Å². The van der Waals surface area contributed by atoms with Crippen LogP contribution in [-0.4, -0.2) is 12.5 Å². The van der Waals surface area contributed by atoms with Crippen molar-refractivity contribution in [3.8, 4) is 5.75 Å². The zero-order valence-corrected chi connectivity index (χ0v) is 13.2. The monoisotopic (exact) mass is 315 g/mol. The van der Waals surface area contributed by atoms with E-state index in [1.54, 1.807) is 18.2 Å². The van der Waals surface area contributed by atoms with Crippen LogP contribution in [0.2, 0.25) is 5.02 Å². The number of hydrogen-bond acceptors (Lipinski definition) is 2. The number of nitrogens with one attached hydrogen (secondary N) is 1. The van der Waals surface area contributed by atoms with Crippen LogP contribution in [0.1, 0.15) is 11.1 Å². The summed E-state index contributed by atoms with van der Waals surface area (Å²) in [4.78, 5) is 12.0. The molecular weight excluding hydrogens is 298 g/mol. The first-order valence-corrected chi connectivity index (χ1v) is 7.36. The number of allylic oxidation sites excluding steroid dienone is 1. The number of benzene rings is 2. The van der Waals surface area contributed by atoms with Crippen LogP contribution in [0.25, 0.3) is 0 Å². The lowest BCUT2D eigenvalue weighted by Crippen LogP contribution is -2.21. The van der Waals surface area contributed by atoms with E-state index in [1.807, 2.05) is 37.3 Å². The summed E-state index contributed by atoms with van der Waals surface area (Å²) in [7, 11) is 0. The quantitative estimate of drug-likeness (QED) is 0.803. The van der Waals surface area contributed by atoms with Crippen LogP contribution >= 0.6 is 11.6 Å². The van der Waals surface area contributed by atoms with Crippen molar-refractivity contribution >= 4 is 23.2 Å². The molecule has 0 aliphatic carbocycles. The Balaban J connectivity index is 1.99. The molecule has 2 aromatic rings. The fraction of sp³-hybridized carbons (Fsp3) is 0.167. The highest BCUT2D eigenvalue weighted by molar-refractivity contribution is 6.31. The molecule has 2 rings (SSSR count). The van der Waals surface area contributed by atoms with Gasteiger partial charge in [-0.05, 0) is 42.7 Å². The van der Waals surface area contributed by atoms with Gasteiger partial charge in [-0.2, -0.15) is 0 Å². The Kier molecular flexibility index (Phi) is 5.61. The second kappa shape index (κ2) is 7.66. The summed E-state index contributed by atoms with van der Waals surface area (Å²) in [6.45, 7) is 5.52. The van der Waals surface area contributed by atoms with Crippen molar-refractivity contribution in [1.82, 2.24) is 0 Å². The average Bonchev–Trinajstić information content (AvgIpc) is 2.51. The summed E-state index contributed by atoms with van der Waals surface area (Å²) in [5, 5.41) is 3.42. The van der Waals surface area contributed by atoms with Gasteiger partial charge >= 0.3 is 0 Å². The number of anilines is 1. The maximum atomic E-state index is 12.0. The maximum Gasteiger partial charge on any atom is 0.262 e. The van der Waals surface area contributed by atoms with E-state index in [1.165, 1.54) is 0 Å². The molecule has 3 nitrogen and oxygen atoms in total. The minimum absolute atomic E-state index is 0.0554. The SMILES string of the molecule is C=CCc1ccccc1OCC(=O)Nc1cccc(Cl)c1C. The number of hydrogen-bond donors (Lipinski definition) is 1. The van der Waals surface area contributed by atoms with E-state index in [9.17, 15) is 4.79 Å². The van der Waals surface area contributed by atoms with E-state index in [0.29, 0.717) is 22.9 Å². The lowest BCUT2D eigenvalue weighted by Gasteiger charge is -2.12. The summed E-state index contributed by atoms with van der Waals surface area (Å²) >= 11 is 6.03. The van der Waals surface area contributed by atoms with Crippen LogP contribution in [0.5, 0.6) is 5.75 Å². The number of carbonyl (C=O) groups is 1. The standard InChI is InChI=1S/C18H18ClNO2/c1-3-7-14-8-4-5-11-17(14)22-12-18(21)20-16-10-6-9-15(19)13(16)2/h3-6,8-11H,1,7,12H2,2H3,(H,20,21). The summed E-state index contributed by atoms with van der Waals surface area (Å²) < 4.78 is 5.60. The van der Waals surface area contributed by atoms with Crippen LogP contribution in [0, 0.1) is 6.92 Å². The second-order valence-corrected chi connectivity index (χ2v) is 5.26. The Bertz CT molecular complexity index is 683. The molecule has 0 spiro atoms. The fourth-order valence-electron chi connectivity index (χ4n) is 2.04. The van der Waals surface area contributed by atoms with E-state index in [4.69, 9.17) is 16.3 Å². The van der Waals surface area contributed by atoms with Gasteiger partial charge in [0.2, 0.25) is 0 Å². The van der Waals surface area contributed by atoms with Gasteiger partial charge in [0.1, 0.15) is 5.75 Å². The molecule has 0 fully saturated rings. The van der Waals surface area contributed by atoms with Gasteiger partial charge in [-0.15, -0.1) is 6.58 Å². The number of carbonyl (C=O) groups excluding carboxylic acids is 1. The average molecular weight is 316 g/mol. The van der Waals surface area contributed by atoms with Gasteiger partial charge in [0, 0.05) is 10.7 Å². The third-order valence-corrected chi connectivity index (χ3v) is 3.65. The molecule has 1 amide bonds. The van der Waals surface area contributed by atoms with Crippen molar-refractivity contribution in [2.75, 3.05) is 11.9 Å². The van der Waals surface area contributed by atoms with Crippen molar-refractivity contribution in [3.05, 3.63) is 71.3 Å². The van der Waals surface area contributed by atoms with Gasteiger partial charge in [0.25, 0.3) is 5.91 Å². The smallest absolute Gasteiger partial charge is 0.262 e. The molecule has 22 heavy (non-hydrogen) atoms. The zero-order valence-electron chi connectivity index (χ0n) is 12.4. The lowest BCUT2D eigenvalue weighted by molar-refractivity contribution is -0.118. The first kappa shape index (κ1) is 16.1. The molecule has 0 aliphatic heterocycles. The van der Waals surface area contributed by atoms with Crippen molar-refractivity contribution in [2.24, 2.45) is 0 Å². The van der Waals surface area contributed by atoms with E-state index >= 15 is 0 Å². The highest BCUT2D eigenvalue weighted by Gasteiger charge is 2.09. The summed E-state index contributed by atoms with van der Waals surface area (Å²) in [6.07, 6.45) is 2.50. The van der Waals surface area contributed by atoms with Crippen LogP contribution in [0.4, 0.5) is 5.69 Å². The molecule has 1 N–H and O–H groups in total. The van der Waals surface area contributed by atoms with E-state index < -0.39 is 0 Å².